The molecule has 0 fully saturated rings. The Balaban J connectivity index is 0.00000201. The highest BCUT2D eigenvalue weighted by atomic mass is 32.2. The van der Waals surface area contributed by atoms with E-state index < -0.39 is 10.0 Å². The molecule has 2 aromatic rings. The predicted molar refractivity (Wildman–Crippen MR) is 140 cm³/mol. The molecule has 2 rings (SSSR count). The zero-order valence-electron chi connectivity index (χ0n) is 21.9. The second-order valence-corrected chi connectivity index (χ2v) is 9.97. The molecular formula is C26H42FN3O3S. The lowest BCUT2D eigenvalue weighted by Gasteiger charge is -2.26. The normalized spacial score (nSPS) is 11.7. The minimum atomic E-state index is -3.57. The second-order valence-electron chi connectivity index (χ2n) is 7.98. The number of nitrogens with zero attached hydrogens (tertiary/aromatic N) is 2. The van der Waals surface area contributed by atoms with Gasteiger partial charge in [0.25, 0.3) is 0 Å². The van der Waals surface area contributed by atoms with Crippen molar-refractivity contribution in [3.05, 3.63) is 59.9 Å². The Bertz CT molecular complexity index is 950. The lowest BCUT2D eigenvalue weighted by molar-refractivity contribution is -0.117. The molecular weight excluding hydrogens is 453 g/mol. The maximum Gasteiger partial charge on any atom is 0.243 e. The Morgan fingerprint density at radius 2 is 1.62 bits per heavy atom. The Labute approximate surface area is 206 Å². The maximum atomic E-state index is 12.9. The van der Waals surface area contributed by atoms with Gasteiger partial charge < -0.3 is 5.32 Å². The van der Waals surface area contributed by atoms with Gasteiger partial charge in [0.05, 0.1) is 11.4 Å². The van der Waals surface area contributed by atoms with Crippen LogP contribution < -0.4 is 5.32 Å². The van der Waals surface area contributed by atoms with E-state index in [1.54, 1.807) is 32.3 Å². The van der Waals surface area contributed by atoms with Crippen molar-refractivity contribution in [2.75, 3.05) is 32.5 Å². The molecule has 2 aromatic carbocycles. The summed E-state index contributed by atoms with van der Waals surface area (Å²) in [5.74, 6) is -0.577. The molecule has 0 spiro atoms. The smallest absolute Gasteiger partial charge is 0.243 e. The highest BCUT2D eigenvalue weighted by Crippen LogP contribution is 2.19. The number of benzene rings is 2. The van der Waals surface area contributed by atoms with Crippen LogP contribution in [0.1, 0.15) is 53.0 Å². The number of anilines is 1. The molecule has 0 aliphatic heterocycles. The minimum absolute atomic E-state index is 0.151. The van der Waals surface area contributed by atoms with E-state index in [1.165, 1.54) is 35.0 Å². The van der Waals surface area contributed by atoms with Gasteiger partial charge in [-0.05, 0) is 75.8 Å². The third-order valence-corrected chi connectivity index (χ3v) is 6.73. The van der Waals surface area contributed by atoms with Gasteiger partial charge in [-0.1, -0.05) is 46.2 Å². The highest BCUT2D eigenvalue weighted by molar-refractivity contribution is 7.89. The Morgan fingerprint density at radius 1 is 1.06 bits per heavy atom. The number of hydrogen-bond donors (Lipinski definition) is 1. The van der Waals surface area contributed by atoms with Crippen molar-refractivity contribution in [3.8, 4) is 0 Å². The van der Waals surface area contributed by atoms with Crippen molar-refractivity contribution in [3.63, 3.8) is 0 Å². The molecule has 0 bridgehead atoms. The van der Waals surface area contributed by atoms with E-state index in [4.69, 9.17) is 0 Å². The lowest BCUT2D eigenvalue weighted by Crippen LogP contribution is -2.38. The number of likely N-dealkylation sites (N-methyl/N-ethyl adjacent to an activating group) is 1. The minimum Gasteiger partial charge on any atom is -0.325 e. The molecule has 8 heteroatoms. The molecule has 0 radical (unpaired) electrons. The third-order valence-electron chi connectivity index (χ3n) is 4.76. The fourth-order valence-corrected chi connectivity index (χ4v) is 4.32. The van der Waals surface area contributed by atoms with Gasteiger partial charge in [-0.25, -0.2) is 12.8 Å². The molecule has 0 aliphatic carbocycles. The average molecular weight is 496 g/mol. The number of carbonyl (C=O) groups is 1. The summed E-state index contributed by atoms with van der Waals surface area (Å²) in [6, 6.07) is 12.2. The van der Waals surface area contributed by atoms with Crippen LogP contribution in [0.15, 0.2) is 53.4 Å². The molecule has 6 nitrogen and oxygen atoms in total. The van der Waals surface area contributed by atoms with Gasteiger partial charge >= 0.3 is 0 Å². The van der Waals surface area contributed by atoms with Crippen molar-refractivity contribution in [1.82, 2.24) is 9.21 Å². The molecule has 1 N–H and O–H groups in total. The van der Waals surface area contributed by atoms with Crippen LogP contribution in [0, 0.1) is 12.7 Å². The first-order valence-corrected chi connectivity index (χ1v) is 13.2. The SMILES string of the molecule is CC.CCC.Cc1cccc(S(=O)(=O)N(C)C(C)CCN(C)CC(=O)Nc2ccc(F)cc2)c1. The zero-order chi connectivity index (χ0) is 26.3. The molecule has 0 aliphatic rings. The maximum absolute atomic E-state index is 12.9. The lowest BCUT2D eigenvalue weighted by atomic mass is 10.2. The van der Waals surface area contributed by atoms with E-state index in [0.29, 0.717) is 18.7 Å². The Kier molecular flexibility index (Phi) is 15.3. The fraction of sp³-hybridized carbons (Fsp3) is 0.500. The summed E-state index contributed by atoms with van der Waals surface area (Å²) in [5, 5.41) is 2.71. The van der Waals surface area contributed by atoms with Crippen molar-refractivity contribution in [2.45, 2.75) is 65.3 Å². The number of amides is 1. The van der Waals surface area contributed by atoms with Gasteiger partial charge in [0.1, 0.15) is 5.82 Å². The van der Waals surface area contributed by atoms with Gasteiger partial charge in [0.2, 0.25) is 15.9 Å². The monoisotopic (exact) mass is 495 g/mol. The first-order chi connectivity index (χ1) is 16.0. The standard InChI is InChI=1S/C21H28FN3O3S.C3H8.C2H6/c1-16-6-5-7-20(14-16)29(27,28)25(4)17(2)12-13-24(3)15-21(26)23-19-10-8-18(22)9-11-19;1-3-2;1-2/h5-11,14,17H,12-13,15H2,1-4H3,(H,23,26);3H2,1-2H3;1-2H3. The van der Waals surface area contributed by atoms with E-state index in [9.17, 15) is 17.6 Å². The topological polar surface area (TPSA) is 69.7 Å². The largest absolute Gasteiger partial charge is 0.325 e. The van der Waals surface area contributed by atoms with E-state index in [0.717, 1.165) is 5.56 Å². The second kappa shape index (κ2) is 16.4. The Hall–Kier alpha value is -2.29. The summed E-state index contributed by atoms with van der Waals surface area (Å²) >= 11 is 0. The number of nitrogens with one attached hydrogen (secondary N) is 1. The zero-order valence-corrected chi connectivity index (χ0v) is 22.7. The van der Waals surface area contributed by atoms with Crippen LogP contribution in [0.4, 0.5) is 10.1 Å². The number of hydrogen-bond acceptors (Lipinski definition) is 4. The van der Waals surface area contributed by atoms with Crippen LogP contribution in [0.5, 0.6) is 0 Å². The van der Waals surface area contributed by atoms with Crippen molar-refractivity contribution in [1.29, 1.82) is 0 Å². The van der Waals surface area contributed by atoms with Crippen LogP contribution in [-0.2, 0) is 14.8 Å². The summed E-state index contributed by atoms with van der Waals surface area (Å²) in [5.41, 5.74) is 1.42. The molecule has 1 atom stereocenters. The molecule has 192 valence electrons. The van der Waals surface area contributed by atoms with Gasteiger partial charge in [0.15, 0.2) is 0 Å². The van der Waals surface area contributed by atoms with E-state index >= 15 is 0 Å². The molecule has 1 unspecified atom stereocenters. The highest BCUT2D eigenvalue weighted by Gasteiger charge is 2.25. The van der Waals surface area contributed by atoms with Crippen molar-refractivity contribution < 1.29 is 17.6 Å². The van der Waals surface area contributed by atoms with E-state index in [1.807, 2.05) is 38.7 Å². The number of carbonyl (C=O) groups excluding carboxylic acids is 1. The fourth-order valence-electron chi connectivity index (χ4n) is 2.83. The summed E-state index contributed by atoms with van der Waals surface area (Å²) < 4.78 is 39.9. The number of halogens is 1. The summed E-state index contributed by atoms with van der Waals surface area (Å²) in [6.07, 6.45) is 1.82. The van der Waals surface area contributed by atoms with Crippen molar-refractivity contribution >= 4 is 21.6 Å². The van der Waals surface area contributed by atoms with Crippen LogP contribution in [0.25, 0.3) is 0 Å². The van der Waals surface area contributed by atoms with Crippen LogP contribution in [0.2, 0.25) is 0 Å². The van der Waals surface area contributed by atoms with E-state index in [-0.39, 0.29) is 29.2 Å². The van der Waals surface area contributed by atoms with Crippen LogP contribution in [0.3, 0.4) is 0 Å². The Morgan fingerprint density at radius 3 is 2.15 bits per heavy atom. The molecule has 0 saturated heterocycles. The van der Waals surface area contributed by atoms with E-state index in [2.05, 4.69) is 19.2 Å². The van der Waals surface area contributed by atoms with Gasteiger partial charge in [-0.15, -0.1) is 0 Å². The van der Waals surface area contributed by atoms with Crippen molar-refractivity contribution in [2.24, 2.45) is 0 Å². The van der Waals surface area contributed by atoms with Gasteiger partial charge in [-0.2, -0.15) is 4.31 Å². The van der Waals surface area contributed by atoms with Crippen LogP contribution >= 0.6 is 0 Å². The number of aryl methyl sites for hydroxylation is 1. The summed E-state index contributed by atoms with van der Waals surface area (Å²) in [7, 11) is -0.200. The molecule has 34 heavy (non-hydrogen) atoms. The quantitative estimate of drug-likeness (QED) is 0.495. The summed E-state index contributed by atoms with van der Waals surface area (Å²) in [6.45, 7) is 12.7. The molecule has 0 aromatic heterocycles. The molecule has 1 amide bonds. The first-order valence-electron chi connectivity index (χ1n) is 11.8. The first kappa shape index (κ1) is 31.7. The number of sulfonamides is 1. The predicted octanol–water partition coefficient (Wildman–Crippen LogP) is 5.55. The van der Waals surface area contributed by atoms with Gasteiger partial charge in [0, 0.05) is 18.8 Å². The summed E-state index contributed by atoms with van der Waals surface area (Å²) in [4.78, 5) is 14.2. The van der Waals surface area contributed by atoms with Crippen LogP contribution in [-0.4, -0.2) is 56.8 Å². The third kappa shape index (κ3) is 11.2. The number of rotatable bonds is 9. The van der Waals surface area contributed by atoms with Gasteiger partial charge in [-0.3, -0.25) is 9.69 Å². The average Bonchev–Trinajstić information content (AvgIpc) is 2.80. The molecule has 0 saturated carbocycles. The molecule has 0 heterocycles.